The van der Waals surface area contributed by atoms with Crippen molar-refractivity contribution in [3.63, 3.8) is 0 Å². The minimum Gasteiger partial charge on any atom is -0.497 e. The highest BCUT2D eigenvalue weighted by Crippen LogP contribution is 2.23. The second kappa shape index (κ2) is 7.18. The minimum atomic E-state index is -0.190. The Balaban J connectivity index is 1.55. The van der Waals surface area contributed by atoms with Crippen LogP contribution in [0, 0.1) is 6.92 Å². The molecule has 0 saturated carbocycles. The SMILES string of the molecule is COc1cccc(NC(=O)CSc2nnc(-c3cc(C)on3)o2)c1. The number of rotatable bonds is 6. The smallest absolute Gasteiger partial charge is 0.277 e. The van der Waals surface area contributed by atoms with Gasteiger partial charge in [-0.2, -0.15) is 0 Å². The van der Waals surface area contributed by atoms with Crippen LogP contribution in [-0.4, -0.2) is 34.1 Å². The average Bonchev–Trinajstić information content (AvgIpc) is 3.22. The number of carbonyl (C=O) groups is 1. The first-order chi connectivity index (χ1) is 11.6. The van der Waals surface area contributed by atoms with Crippen LogP contribution in [-0.2, 0) is 4.79 Å². The van der Waals surface area contributed by atoms with Crippen LogP contribution in [0.1, 0.15) is 5.76 Å². The highest BCUT2D eigenvalue weighted by Gasteiger charge is 2.14. The van der Waals surface area contributed by atoms with Gasteiger partial charge < -0.3 is 19.0 Å². The number of aryl methyl sites for hydroxylation is 1. The Morgan fingerprint density at radius 1 is 1.33 bits per heavy atom. The predicted molar refractivity (Wildman–Crippen MR) is 86.9 cm³/mol. The van der Waals surface area contributed by atoms with Gasteiger partial charge in [0.25, 0.3) is 11.1 Å². The van der Waals surface area contributed by atoms with Gasteiger partial charge in [0.15, 0.2) is 5.69 Å². The predicted octanol–water partition coefficient (Wildman–Crippen LogP) is 2.77. The normalized spacial score (nSPS) is 10.6. The molecule has 0 spiro atoms. The Morgan fingerprint density at radius 3 is 2.96 bits per heavy atom. The third-order valence-corrected chi connectivity index (χ3v) is 3.75. The number of amides is 1. The zero-order valence-corrected chi connectivity index (χ0v) is 13.8. The Labute approximate surface area is 141 Å². The van der Waals surface area contributed by atoms with Gasteiger partial charge in [0, 0.05) is 17.8 Å². The van der Waals surface area contributed by atoms with Crippen molar-refractivity contribution in [1.29, 1.82) is 0 Å². The van der Waals surface area contributed by atoms with Gasteiger partial charge in [0.2, 0.25) is 5.91 Å². The first-order valence-corrected chi connectivity index (χ1v) is 7.96. The van der Waals surface area contributed by atoms with Crippen molar-refractivity contribution in [2.45, 2.75) is 12.1 Å². The molecule has 0 aliphatic heterocycles. The monoisotopic (exact) mass is 346 g/mol. The van der Waals surface area contributed by atoms with Crippen molar-refractivity contribution < 1.29 is 18.5 Å². The highest BCUT2D eigenvalue weighted by atomic mass is 32.2. The molecule has 0 fully saturated rings. The van der Waals surface area contributed by atoms with Crippen LogP contribution in [0.2, 0.25) is 0 Å². The summed E-state index contributed by atoms with van der Waals surface area (Å²) >= 11 is 1.14. The van der Waals surface area contributed by atoms with Crippen molar-refractivity contribution >= 4 is 23.4 Å². The quantitative estimate of drug-likeness (QED) is 0.680. The van der Waals surface area contributed by atoms with Crippen LogP contribution in [0.15, 0.2) is 44.5 Å². The van der Waals surface area contributed by atoms with Crippen LogP contribution in [0.25, 0.3) is 11.6 Å². The molecule has 2 aromatic heterocycles. The molecule has 3 rings (SSSR count). The molecule has 8 nitrogen and oxygen atoms in total. The first-order valence-electron chi connectivity index (χ1n) is 6.98. The number of carbonyl (C=O) groups excluding carboxylic acids is 1. The van der Waals surface area contributed by atoms with E-state index in [4.69, 9.17) is 13.7 Å². The molecule has 0 aliphatic carbocycles. The number of nitrogens with one attached hydrogen (secondary N) is 1. The fourth-order valence-corrected chi connectivity index (χ4v) is 2.43. The van der Waals surface area contributed by atoms with Crippen molar-refractivity contribution in [2.24, 2.45) is 0 Å². The van der Waals surface area contributed by atoms with E-state index in [0.717, 1.165) is 11.8 Å². The number of methoxy groups -OCH3 is 1. The van der Waals surface area contributed by atoms with E-state index in [1.165, 1.54) is 0 Å². The third-order valence-electron chi connectivity index (χ3n) is 2.93. The Morgan fingerprint density at radius 2 is 2.21 bits per heavy atom. The van der Waals surface area contributed by atoms with Crippen molar-refractivity contribution in [2.75, 3.05) is 18.2 Å². The van der Waals surface area contributed by atoms with Crippen LogP contribution < -0.4 is 10.1 Å². The van der Waals surface area contributed by atoms with Crippen molar-refractivity contribution in [3.05, 3.63) is 36.1 Å². The molecule has 0 unspecified atom stereocenters. The summed E-state index contributed by atoms with van der Waals surface area (Å²) in [5.74, 6) is 1.52. The number of anilines is 1. The zero-order chi connectivity index (χ0) is 16.9. The lowest BCUT2D eigenvalue weighted by atomic mass is 10.3. The van der Waals surface area contributed by atoms with Gasteiger partial charge in [0.05, 0.1) is 12.9 Å². The number of benzene rings is 1. The van der Waals surface area contributed by atoms with E-state index in [1.807, 2.05) is 0 Å². The van der Waals surface area contributed by atoms with E-state index in [-0.39, 0.29) is 22.8 Å². The second-order valence-corrected chi connectivity index (χ2v) is 5.69. The largest absolute Gasteiger partial charge is 0.497 e. The lowest BCUT2D eigenvalue weighted by Crippen LogP contribution is -2.13. The highest BCUT2D eigenvalue weighted by molar-refractivity contribution is 7.99. The van der Waals surface area contributed by atoms with E-state index in [1.54, 1.807) is 44.4 Å². The van der Waals surface area contributed by atoms with Gasteiger partial charge in [-0.15, -0.1) is 10.2 Å². The first kappa shape index (κ1) is 16.1. The third kappa shape index (κ3) is 3.93. The van der Waals surface area contributed by atoms with Gasteiger partial charge >= 0.3 is 0 Å². The molecule has 1 amide bonds. The summed E-state index contributed by atoms with van der Waals surface area (Å²) in [7, 11) is 1.57. The summed E-state index contributed by atoms with van der Waals surface area (Å²) in [6, 6.07) is 8.81. The number of thioether (sulfide) groups is 1. The lowest BCUT2D eigenvalue weighted by Gasteiger charge is -2.05. The molecule has 9 heteroatoms. The molecule has 124 valence electrons. The standard InChI is InChI=1S/C15H14N4O4S/c1-9-6-12(19-23-9)14-17-18-15(22-14)24-8-13(20)16-10-4-3-5-11(7-10)21-2/h3-7H,8H2,1-2H3,(H,16,20). The van der Waals surface area contributed by atoms with Gasteiger partial charge in [0.1, 0.15) is 11.5 Å². The number of nitrogens with zero attached hydrogens (tertiary/aromatic N) is 3. The topological polar surface area (TPSA) is 103 Å². The summed E-state index contributed by atoms with van der Waals surface area (Å²) in [5, 5.41) is 14.6. The molecular weight excluding hydrogens is 332 g/mol. The summed E-state index contributed by atoms with van der Waals surface area (Å²) in [6.07, 6.45) is 0. The van der Waals surface area contributed by atoms with E-state index < -0.39 is 0 Å². The molecule has 1 N–H and O–H groups in total. The van der Waals surface area contributed by atoms with E-state index >= 15 is 0 Å². The summed E-state index contributed by atoms with van der Waals surface area (Å²) in [6.45, 7) is 1.77. The zero-order valence-electron chi connectivity index (χ0n) is 13.0. The molecule has 3 aromatic rings. The Bertz CT molecular complexity index is 845. The second-order valence-electron chi connectivity index (χ2n) is 4.76. The number of aromatic nitrogens is 3. The molecule has 0 radical (unpaired) electrons. The van der Waals surface area contributed by atoms with Crippen LogP contribution in [0.3, 0.4) is 0 Å². The number of hydrogen-bond acceptors (Lipinski definition) is 8. The van der Waals surface area contributed by atoms with Crippen LogP contribution >= 0.6 is 11.8 Å². The summed E-state index contributed by atoms with van der Waals surface area (Å²) < 4.78 is 15.5. The lowest BCUT2D eigenvalue weighted by molar-refractivity contribution is -0.113. The molecule has 24 heavy (non-hydrogen) atoms. The fourth-order valence-electron chi connectivity index (χ4n) is 1.86. The van der Waals surface area contributed by atoms with E-state index in [9.17, 15) is 4.79 Å². The molecule has 1 aromatic carbocycles. The fraction of sp³-hybridized carbons (Fsp3) is 0.200. The van der Waals surface area contributed by atoms with Crippen molar-refractivity contribution in [1.82, 2.24) is 15.4 Å². The van der Waals surface area contributed by atoms with E-state index in [2.05, 4.69) is 20.7 Å². The van der Waals surface area contributed by atoms with Gasteiger partial charge in [-0.1, -0.05) is 23.0 Å². The van der Waals surface area contributed by atoms with Gasteiger partial charge in [-0.3, -0.25) is 4.79 Å². The molecule has 0 bridgehead atoms. The molecule has 0 saturated heterocycles. The Kier molecular flexibility index (Phi) is 4.80. The summed E-state index contributed by atoms with van der Waals surface area (Å²) in [4.78, 5) is 12.0. The maximum atomic E-state index is 12.0. The summed E-state index contributed by atoms with van der Waals surface area (Å²) in [5.41, 5.74) is 1.12. The van der Waals surface area contributed by atoms with Crippen LogP contribution in [0.5, 0.6) is 5.75 Å². The molecule has 0 atom stereocenters. The van der Waals surface area contributed by atoms with Gasteiger partial charge in [-0.25, -0.2) is 0 Å². The van der Waals surface area contributed by atoms with Crippen LogP contribution in [0.4, 0.5) is 5.69 Å². The minimum absolute atomic E-state index is 0.136. The van der Waals surface area contributed by atoms with Crippen molar-refractivity contribution in [3.8, 4) is 17.3 Å². The maximum Gasteiger partial charge on any atom is 0.277 e. The number of ether oxygens (including phenoxy) is 1. The molecule has 2 heterocycles. The molecular formula is C15H14N4O4S. The van der Waals surface area contributed by atoms with E-state index in [0.29, 0.717) is 22.9 Å². The Hall–Kier alpha value is -2.81. The average molecular weight is 346 g/mol. The number of hydrogen-bond donors (Lipinski definition) is 1. The maximum absolute atomic E-state index is 12.0. The molecule has 0 aliphatic rings. The van der Waals surface area contributed by atoms with Gasteiger partial charge in [-0.05, 0) is 19.1 Å².